The number of carbonyl (C=O) groups is 1. The van der Waals surface area contributed by atoms with Gasteiger partial charge in [0.15, 0.2) is 5.79 Å². The number of rotatable bonds is 6. The van der Waals surface area contributed by atoms with Crippen LogP contribution in [0.2, 0.25) is 0 Å². The summed E-state index contributed by atoms with van der Waals surface area (Å²) < 4.78 is 11.0. The van der Waals surface area contributed by atoms with E-state index >= 15 is 0 Å². The molecule has 0 saturated carbocycles. The van der Waals surface area contributed by atoms with Crippen molar-refractivity contribution in [2.45, 2.75) is 44.9 Å². The molecule has 2 atom stereocenters. The normalized spacial score (nSPS) is 19.4. The fourth-order valence-corrected chi connectivity index (χ4v) is 2.53. The van der Waals surface area contributed by atoms with Gasteiger partial charge in [-0.3, -0.25) is 0 Å². The second-order valence-electron chi connectivity index (χ2n) is 5.97. The van der Waals surface area contributed by atoms with Crippen LogP contribution in [0.1, 0.15) is 38.7 Å². The summed E-state index contributed by atoms with van der Waals surface area (Å²) in [4.78, 5) is 12.0. The van der Waals surface area contributed by atoms with Crippen molar-refractivity contribution in [3.8, 4) is 0 Å². The molecule has 1 aliphatic heterocycles. The quantitative estimate of drug-likeness (QED) is 0.849. The first-order chi connectivity index (χ1) is 10.5. The van der Waals surface area contributed by atoms with Crippen molar-refractivity contribution in [3.63, 3.8) is 0 Å². The number of hydrogen-bond acceptors (Lipinski definition) is 3. The number of urea groups is 1. The lowest BCUT2D eigenvalue weighted by Crippen LogP contribution is -2.44. The highest BCUT2D eigenvalue weighted by atomic mass is 16.7. The first-order valence-corrected chi connectivity index (χ1v) is 7.87. The average molecular weight is 306 g/mol. The standard InChI is InChI=1S/C17H26N2O3/c1-13(15-7-5-4-6-8-15)14(2)19-16(20)18-10-9-17(3)21-11-12-22-17/h4-8,13-14H,9-12H2,1-3H3,(H2,18,19,20)/t13-,14+/m0/s1. The molecule has 0 unspecified atom stereocenters. The molecule has 2 amide bonds. The highest BCUT2D eigenvalue weighted by Gasteiger charge is 2.30. The molecule has 22 heavy (non-hydrogen) atoms. The van der Waals surface area contributed by atoms with E-state index in [0.717, 1.165) is 0 Å². The topological polar surface area (TPSA) is 59.6 Å². The van der Waals surface area contributed by atoms with Crippen molar-refractivity contribution < 1.29 is 14.3 Å². The fourth-order valence-electron chi connectivity index (χ4n) is 2.53. The van der Waals surface area contributed by atoms with Crippen LogP contribution in [-0.2, 0) is 9.47 Å². The third kappa shape index (κ3) is 4.71. The van der Waals surface area contributed by atoms with Gasteiger partial charge < -0.3 is 20.1 Å². The van der Waals surface area contributed by atoms with Crippen molar-refractivity contribution in [2.24, 2.45) is 0 Å². The molecule has 0 bridgehead atoms. The Morgan fingerprint density at radius 3 is 2.50 bits per heavy atom. The SMILES string of the molecule is C[C@H](c1ccccc1)[C@@H](C)NC(=O)NCCC1(C)OCCO1. The maximum absolute atomic E-state index is 12.0. The molecule has 0 aromatic heterocycles. The van der Waals surface area contributed by atoms with Crippen molar-refractivity contribution in [1.82, 2.24) is 10.6 Å². The monoisotopic (exact) mass is 306 g/mol. The Bertz CT molecular complexity index is 472. The minimum absolute atomic E-state index is 0.0527. The van der Waals surface area contributed by atoms with Gasteiger partial charge in [-0.05, 0) is 19.4 Å². The van der Waals surface area contributed by atoms with E-state index < -0.39 is 5.79 Å². The van der Waals surface area contributed by atoms with Crippen LogP contribution in [0.4, 0.5) is 4.79 Å². The fraction of sp³-hybridized carbons (Fsp3) is 0.588. The maximum atomic E-state index is 12.0. The molecule has 0 radical (unpaired) electrons. The van der Waals surface area contributed by atoms with E-state index in [9.17, 15) is 4.79 Å². The molecule has 1 aromatic carbocycles. The van der Waals surface area contributed by atoms with Gasteiger partial charge in [-0.1, -0.05) is 37.3 Å². The number of nitrogens with one attached hydrogen (secondary N) is 2. The van der Waals surface area contributed by atoms with Crippen molar-refractivity contribution in [3.05, 3.63) is 35.9 Å². The number of hydrogen-bond donors (Lipinski definition) is 2. The minimum atomic E-state index is -0.559. The van der Waals surface area contributed by atoms with E-state index in [1.165, 1.54) is 5.56 Å². The van der Waals surface area contributed by atoms with Crippen LogP contribution < -0.4 is 10.6 Å². The minimum Gasteiger partial charge on any atom is -0.348 e. The summed E-state index contributed by atoms with van der Waals surface area (Å²) in [6.45, 7) is 7.79. The lowest BCUT2D eigenvalue weighted by molar-refractivity contribution is -0.145. The van der Waals surface area contributed by atoms with Gasteiger partial charge in [0.1, 0.15) is 0 Å². The highest BCUT2D eigenvalue weighted by molar-refractivity contribution is 5.74. The Morgan fingerprint density at radius 2 is 1.86 bits per heavy atom. The summed E-state index contributed by atoms with van der Waals surface area (Å²) in [6, 6.07) is 10.1. The second kappa shape index (κ2) is 7.61. The molecule has 0 spiro atoms. The van der Waals surface area contributed by atoms with Gasteiger partial charge in [0.2, 0.25) is 0 Å². The number of amides is 2. The summed E-state index contributed by atoms with van der Waals surface area (Å²) >= 11 is 0. The van der Waals surface area contributed by atoms with Crippen molar-refractivity contribution >= 4 is 6.03 Å². The van der Waals surface area contributed by atoms with Crippen LogP contribution in [0.5, 0.6) is 0 Å². The number of carbonyl (C=O) groups excluding carboxylic acids is 1. The first kappa shape index (κ1) is 16.8. The van der Waals surface area contributed by atoms with Gasteiger partial charge in [-0.25, -0.2) is 4.79 Å². The highest BCUT2D eigenvalue weighted by Crippen LogP contribution is 2.21. The predicted molar refractivity (Wildman–Crippen MR) is 85.8 cm³/mol. The van der Waals surface area contributed by atoms with Crippen LogP contribution in [0.15, 0.2) is 30.3 Å². The Kier molecular flexibility index (Phi) is 5.80. The lowest BCUT2D eigenvalue weighted by Gasteiger charge is -2.24. The molecule has 0 aliphatic carbocycles. The lowest BCUT2D eigenvalue weighted by atomic mass is 9.95. The van der Waals surface area contributed by atoms with E-state index in [0.29, 0.717) is 26.2 Å². The molecule has 1 fully saturated rings. The van der Waals surface area contributed by atoms with Gasteiger partial charge in [-0.2, -0.15) is 0 Å². The molecular formula is C17H26N2O3. The molecule has 2 rings (SSSR count). The van der Waals surface area contributed by atoms with Crippen LogP contribution in [-0.4, -0.2) is 37.6 Å². The Morgan fingerprint density at radius 1 is 1.23 bits per heavy atom. The predicted octanol–water partition coefficient (Wildman–Crippen LogP) is 2.63. The molecular weight excluding hydrogens is 280 g/mol. The van der Waals surface area contributed by atoms with E-state index in [1.807, 2.05) is 32.0 Å². The van der Waals surface area contributed by atoms with E-state index in [1.54, 1.807) is 0 Å². The molecule has 1 saturated heterocycles. The van der Waals surface area contributed by atoms with E-state index in [2.05, 4.69) is 29.7 Å². The summed E-state index contributed by atoms with van der Waals surface area (Å²) in [6.07, 6.45) is 0.642. The number of ether oxygens (including phenoxy) is 2. The first-order valence-electron chi connectivity index (χ1n) is 7.87. The van der Waals surface area contributed by atoms with Gasteiger partial charge in [0.25, 0.3) is 0 Å². The Balaban J connectivity index is 1.72. The summed E-state index contributed by atoms with van der Waals surface area (Å²) in [5, 5.41) is 5.85. The summed E-state index contributed by atoms with van der Waals surface area (Å²) in [5.74, 6) is -0.304. The third-order valence-electron chi connectivity index (χ3n) is 4.20. The zero-order valence-electron chi connectivity index (χ0n) is 13.6. The molecule has 1 aromatic rings. The van der Waals surface area contributed by atoms with Crippen LogP contribution in [0.3, 0.4) is 0 Å². The van der Waals surface area contributed by atoms with Crippen LogP contribution >= 0.6 is 0 Å². The van der Waals surface area contributed by atoms with E-state index in [-0.39, 0.29) is 18.0 Å². The number of benzene rings is 1. The Hall–Kier alpha value is -1.59. The largest absolute Gasteiger partial charge is 0.348 e. The maximum Gasteiger partial charge on any atom is 0.315 e. The molecule has 122 valence electrons. The van der Waals surface area contributed by atoms with Gasteiger partial charge in [0.05, 0.1) is 13.2 Å². The third-order valence-corrected chi connectivity index (χ3v) is 4.20. The average Bonchev–Trinajstić information content (AvgIpc) is 2.94. The van der Waals surface area contributed by atoms with Gasteiger partial charge >= 0.3 is 6.03 Å². The zero-order chi connectivity index (χ0) is 16.0. The zero-order valence-corrected chi connectivity index (χ0v) is 13.6. The summed E-state index contributed by atoms with van der Waals surface area (Å²) in [7, 11) is 0. The van der Waals surface area contributed by atoms with Crippen LogP contribution in [0, 0.1) is 0 Å². The molecule has 2 N–H and O–H groups in total. The van der Waals surface area contributed by atoms with Crippen molar-refractivity contribution in [1.29, 1.82) is 0 Å². The Labute approximate surface area is 132 Å². The van der Waals surface area contributed by atoms with Gasteiger partial charge in [0, 0.05) is 24.9 Å². The summed E-state index contributed by atoms with van der Waals surface area (Å²) in [5.41, 5.74) is 1.22. The second-order valence-corrected chi connectivity index (χ2v) is 5.97. The van der Waals surface area contributed by atoms with E-state index in [4.69, 9.17) is 9.47 Å². The van der Waals surface area contributed by atoms with Crippen LogP contribution in [0.25, 0.3) is 0 Å². The van der Waals surface area contributed by atoms with Gasteiger partial charge in [-0.15, -0.1) is 0 Å². The van der Waals surface area contributed by atoms with Crippen molar-refractivity contribution in [2.75, 3.05) is 19.8 Å². The molecule has 5 nitrogen and oxygen atoms in total. The molecule has 1 aliphatic rings. The molecule has 5 heteroatoms. The smallest absolute Gasteiger partial charge is 0.315 e. The molecule has 1 heterocycles.